The summed E-state index contributed by atoms with van der Waals surface area (Å²) in [6.45, 7) is 4.47. The maximum absolute atomic E-state index is 13.3. The first kappa shape index (κ1) is 20.6. The number of benzene rings is 1. The van der Waals surface area contributed by atoms with E-state index in [0.717, 1.165) is 11.5 Å². The fraction of sp³-hybridized carbons (Fsp3) is 0.375. The van der Waals surface area contributed by atoms with Gasteiger partial charge in [0.15, 0.2) is 0 Å². The number of hydrogen-bond acceptors (Lipinski definition) is 6. The van der Waals surface area contributed by atoms with Crippen LogP contribution in [0, 0.1) is 0 Å². The summed E-state index contributed by atoms with van der Waals surface area (Å²) in [5.41, 5.74) is -0.212. The number of anilines is 1. The quantitative estimate of drug-likeness (QED) is 0.815. The molecule has 0 saturated carbocycles. The Morgan fingerprint density at radius 1 is 1.15 bits per heavy atom. The van der Waals surface area contributed by atoms with Gasteiger partial charge in [-0.05, 0) is 20.8 Å². The van der Waals surface area contributed by atoms with Crippen molar-refractivity contribution in [2.45, 2.75) is 38.6 Å². The van der Waals surface area contributed by atoms with Crippen molar-refractivity contribution in [2.24, 2.45) is 0 Å². The average molecular weight is 402 g/mol. The third kappa shape index (κ3) is 5.91. The Morgan fingerprint density at radius 3 is 2.33 bits per heavy atom. The standard InChI is InChI=1S/C16H17F3N4O3S/c1-15(2,3)26-14(25)20-11(16(17,18)19)12(24)21-13-10(22-23-27-13)9-7-5-4-6-8-9/h4-8,11H,1-3H3,(H,20,25)(H,21,24). The molecule has 1 heterocycles. The zero-order valence-electron chi connectivity index (χ0n) is 14.6. The van der Waals surface area contributed by atoms with Crippen LogP contribution in [0.1, 0.15) is 20.8 Å². The highest BCUT2D eigenvalue weighted by Gasteiger charge is 2.47. The lowest BCUT2D eigenvalue weighted by Gasteiger charge is -2.24. The third-order valence-corrected chi connectivity index (χ3v) is 3.66. The van der Waals surface area contributed by atoms with E-state index in [9.17, 15) is 22.8 Å². The highest BCUT2D eigenvalue weighted by Crippen LogP contribution is 2.30. The number of alkyl halides is 3. The summed E-state index contributed by atoms with van der Waals surface area (Å²) in [7, 11) is 0. The molecule has 0 fully saturated rings. The summed E-state index contributed by atoms with van der Waals surface area (Å²) >= 11 is 0.725. The van der Waals surface area contributed by atoms with E-state index in [1.807, 2.05) is 0 Å². The molecule has 0 bridgehead atoms. The van der Waals surface area contributed by atoms with E-state index in [0.29, 0.717) is 5.56 Å². The first-order chi connectivity index (χ1) is 12.5. The number of ether oxygens (including phenoxy) is 1. The number of nitrogens with zero attached hydrogens (tertiary/aromatic N) is 2. The van der Waals surface area contributed by atoms with Crippen molar-refractivity contribution >= 4 is 28.5 Å². The molecule has 0 spiro atoms. The summed E-state index contributed by atoms with van der Waals surface area (Å²) < 4.78 is 48.2. The zero-order chi connectivity index (χ0) is 20.2. The molecular weight excluding hydrogens is 385 g/mol. The van der Waals surface area contributed by atoms with Gasteiger partial charge in [0.1, 0.15) is 16.3 Å². The van der Waals surface area contributed by atoms with Crippen LogP contribution in [0.4, 0.5) is 23.0 Å². The number of halogens is 3. The molecule has 1 unspecified atom stereocenters. The van der Waals surface area contributed by atoms with Crippen LogP contribution in [0.15, 0.2) is 30.3 Å². The Morgan fingerprint density at radius 2 is 1.78 bits per heavy atom. The average Bonchev–Trinajstić information content (AvgIpc) is 2.98. The van der Waals surface area contributed by atoms with Gasteiger partial charge in [-0.1, -0.05) is 34.8 Å². The predicted molar refractivity (Wildman–Crippen MR) is 93.2 cm³/mol. The first-order valence-corrected chi connectivity index (χ1v) is 8.49. The second kappa shape index (κ2) is 7.91. The number of carbonyl (C=O) groups is 2. The molecule has 2 N–H and O–H groups in total. The minimum absolute atomic E-state index is 0.0337. The van der Waals surface area contributed by atoms with Crippen LogP contribution in [-0.2, 0) is 9.53 Å². The Balaban J connectivity index is 2.18. The molecule has 1 atom stereocenters. The van der Waals surface area contributed by atoms with Crippen molar-refractivity contribution in [2.75, 3.05) is 5.32 Å². The van der Waals surface area contributed by atoms with E-state index in [1.165, 1.54) is 20.8 Å². The van der Waals surface area contributed by atoms with Crippen molar-refractivity contribution in [3.05, 3.63) is 30.3 Å². The van der Waals surface area contributed by atoms with Crippen molar-refractivity contribution in [1.82, 2.24) is 14.9 Å². The molecule has 2 aromatic rings. The van der Waals surface area contributed by atoms with Gasteiger partial charge in [0.2, 0.25) is 6.04 Å². The summed E-state index contributed by atoms with van der Waals surface area (Å²) in [4.78, 5) is 23.9. The van der Waals surface area contributed by atoms with Gasteiger partial charge in [-0.25, -0.2) is 4.79 Å². The molecule has 0 aliphatic carbocycles. The van der Waals surface area contributed by atoms with Crippen LogP contribution in [0.3, 0.4) is 0 Å². The molecule has 2 rings (SSSR count). The number of carbonyl (C=O) groups excluding carboxylic acids is 2. The van der Waals surface area contributed by atoms with Gasteiger partial charge < -0.3 is 15.4 Å². The Hall–Kier alpha value is -2.69. The zero-order valence-corrected chi connectivity index (χ0v) is 15.4. The van der Waals surface area contributed by atoms with Crippen LogP contribution < -0.4 is 10.6 Å². The molecular formula is C16H17F3N4O3S. The number of rotatable bonds is 4. The highest BCUT2D eigenvalue weighted by molar-refractivity contribution is 7.10. The van der Waals surface area contributed by atoms with Crippen LogP contribution >= 0.6 is 11.5 Å². The number of aromatic nitrogens is 2. The van der Waals surface area contributed by atoms with E-state index in [1.54, 1.807) is 35.6 Å². The highest BCUT2D eigenvalue weighted by atomic mass is 32.1. The number of hydrogen-bond donors (Lipinski definition) is 2. The fourth-order valence-corrected chi connectivity index (χ4v) is 2.56. The van der Waals surface area contributed by atoms with E-state index in [2.05, 4.69) is 14.9 Å². The summed E-state index contributed by atoms with van der Waals surface area (Å²) in [6.07, 6.45) is -6.38. The van der Waals surface area contributed by atoms with Crippen LogP contribution in [-0.4, -0.2) is 39.4 Å². The Labute approximate surface area is 157 Å². The normalized spacial score (nSPS) is 13.0. The lowest BCUT2D eigenvalue weighted by atomic mass is 10.1. The molecule has 2 amide bonds. The summed E-state index contributed by atoms with van der Waals surface area (Å²) in [5.74, 6) is -1.48. The van der Waals surface area contributed by atoms with Gasteiger partial charge in [-0.15, -0.1) is 5.10 Å². The molecule has 0 saturated heterocycles. The SMILES string of the molecule is CC(C)(C)OC(=O)NC(C(=O)Nc1snnc1-c1ccccc1)C(F)(F)F. The van der Waals surface area contributed by atoms with E-state index >= 15 is 0 Å². The molecule has 1 aromatic heterocycles. The van der Waals surface area contributed by atoms with Gasteiger partial charge in [-0.2, -0.15) is 13.2 Å². The van der Waals surface area contributed by atoms with Gasteiger partial charge in [-0.3, -0.25) is 4.79 Å². The van der Waals surface area contributed by atoms with Crippen LogP contribution in [0.2, 0.25) is 0 Å². The molecule has 0 radical (unpaired) electrons. The van der Waals surface area contributed by atoms with E-state index in [4.69, 9.17) is 4.74 Å². The lowest BCUT2D eigenvalue weighted by Crippen LogP contribution is -2.53. The maximum Gasteiger partial charge on any atom is 0.417 e. The third-order valence-electron chi connectivity index (χ3n) is 3.02. The molecule has 1 aromatic carbocycles. The second-order valence-electron chi connectivity index (χ2n) is 6.43. The Kier molecular flexibility index (Phi) is 6.04. The fourth-order valence-electron chi connectivity index (χ4n) is 1.96. The summed E-state index contributed by atoms with van der Waals surface area (Å²) in [6, 6.07) is 5.73. The predicted octanol–water partition coefficient (Wildman–Crippen LogP) is 3.60. The molecule has 0 aliphatic rings. The molecule has 146 valence electrons. The van der Waals surface area contributed by atoms with Crippen molar-refractivity contribution < 1.29 is 27.5 Å². The topological polar surface area (TPSA) is 93.2 Å². The lowest BCUT2D eigenvalue weighted by molar-refractivity contribution is -0.164. The number of amides is 2. The minimum atomic E-state index is -5.02. The number of alkyl carbamates (subject to hydrolysis) is 1. The maximum atomic E-state index is 13.3. The Bertz CT molecular complexity index is 803. The van der Waals surface area contributed by atoms with E-state index in [-0.39, 0.29) is 10.7 Å². The van der Waals surface area contributed by atoms with Gasteiger partial charge in [0, 0.05) is 17.1 Å². The van der Waals surface area contributed by atoms with Gasteiger partial charge in [0.25, 0.3) is 5.91 Å². The monoisotopic (exact) mass is 402 g/mol. The summed E-state index contributed by atoms with van der Waals surface area (Å²) in [5, 5.41) is 7.54. The van der Waals surface area contributed by atoms with Crippen molar-refractivity contribution in [1.29, 1.82) is 0 Å². The smallest absolute Gasteiger partial charge is 0.417 e. The molecule has 7 nitrogen and oxygen atoms in total. The van der Waals surface area contributed by atoms with Crippen molar-refractivity contribution in [3.8, 4) is 11.3 Å². The molecule has 0 aliphatic heterocycles. The van der Waals surface area contributed by atoms with E-state index < -0.39 is 29.8 Å². The minimum Gasteiger partial charge on any atom is -0.444 e. The number of nitrogens with one attached hydrogen (secondary N) is 2. The second-order valence-corrected chi connectivity index (χ2v) is 7.18. The van der Waals surface area contributed by atoms with Crippen LogP contribution in [0.5, 0.6) is 0 Å². The first-order valence-electron chi connectivity index (χ1n) is 7.72. The van der Waals surface area contributed by atoms with Crippen molar-refractivity contribution in [3.63, 3.8) is 0 Å². The largest absolute Gasteiger partial charge is 0.444 e. The molecule has 27 heavy (non-hydrogen) atoms. The van der Waals surface area contributed by atoms with Gasteiger partial charge >= 0.3 is 12.3 Å². The van der Waals surface area contributed by atoms with Crippen LogP contribution in [0.25, 0.3) is 11.3 Å². The van der Waals surface area contributed by atoms with Gasteiger partial charge in [0.05, 0.1) is 0 Å². The molecule has 11 heteroatoms.